The van der Waals surface area contributed by atoms with Gasteiger partial charge < -0.3 is 14.8 Å². The van der Waals surface area contributed by atoms with Gasteiger partial charge in [-0.2, -0.15) is 5.10 Å². The fourth-order valence-corrected chi connectivity index (χ4v) is 7.07. The van der Waals surface area contributed by atoms with Crippen molar-refractivity contribution < 1.29 is 27.6 Å². The first-order valence-electron chi connectivity index (χ1n) is 13.3. The van der Waals surface area contributed by atoms with Gasteiger partial charge in [0.25, 0.3) is 5.69 Å². The molecular weight excluding hydrogens is 550 g/mol. The summed E-state index contributed by atoms with van der Waals surface area (Å²) in [6.07, 6.45) is 0.782. The van der Waals surface area contributed by atoms with Gasteiger partial charge in [-0.25, -0.2) is 22.6 Å². The van der Waals surface area contributed by atoms with Crippen molar-refractivity contribution in [2.75, 3.05) is 5.32 Å². The predicted octanol–water partition coefficient (Wildman–Crippen LogP) is 5.67. The van der Waals surface area contributed by atoms with Gasteiger partial charge in [-0.05, 0) is 89.8 Å². The van der Waals surface area contributed by atoms with Crippen LogP contribution in [0.25, 0.3) is 0 Å². The van der Waals surface area contributed by atoms with Crippen molar-refractivity contribution in [1.29, 1.82) is 0 Å². The molecule has 0 amide bonds. The molecule has 218 valence electrons. The second-order valence-corrected chi connectivity index (χ2v) is 13.6. The lowest BCUT2D eigenvalue weighted by Crippen LogP contribution is -2.32. The normalized spacial score (nSPS) is 20.8. The number of non-ortho nitro benzene ring substituents is 1. The summed E-state index contributed by atoms with van der Waals surface area (Å²) in [6.45, 7) is 9.81. The molecule has 5 rings (SSSR count). The molecule has 1 aliphatic heterocycles. The van der Waals surface area contributed by atoms with E-state index < -0.39 is 26.6 Å². The van der Waals surface area contributed by atoms with E-state index in [2.05, 4.69) is 10.0 Å². The zero-order chi connectivity index (χ0) is 29.7. The SMILES string of the molecule is CC1(C)NS(=O)(=O)c2ccc(Nc3cc([C@H]4CC[C@@H](OC(=O)Oc5ccc([N+](=O)[O-])cc5)C4)nn3C(C)(C)C)cc21. The molecule has 1 aliphatic carbocycles. The lowest BCUT2D eigenvalue weighted by atomic mass is 9.95. The fourth-order valence-electron chi connectivity index (χ4n) is 5.33. The standard InChI is InChI=1S/C28H33N5O7S/c1-27(2,3)32-25(29-18-7-13-24-22(15-18)28(4,5)31-41(24,37)38)16-23(30-32)17-6-10-21(14-17)40-26(34)39-20-11-8-19(9-12-20)33(35)36/h7-9,11-13,15-17,21,29,31H,6,10,14H2,1-5H3/t17-,21+/m0/s1. The number of nitrogens with one attached hydrogen (secondary N) is 2. The second kappa shape index (κ2) is 10.1. The Hall–Kier alpha value is -3.97. The summed E-state index contributed by atoms with van der Waals surface area (Å²) in [5, 5.41) is 19.1. The lowest BCUT2D eigenvalue weighted by molar-refractivity contribution is -0.384. The van der Waals surface area contributed by atoms with Gasteiger partial charge in [0.05, 0.1) is 26.6 Å². The third-order valence-electron chi connectivity index (χ3n) is 7.28. The number of fused-ring (bicyclic) bond motifs is 1. The molecule has 2 aliphatic rings. The molecule has 1 saturated carbocycles. The van der Waals surface area contributed by atoms with E-state index >= 15 is 0 Å². The van der Waals surface area contributed by atoms with Gasteiger partial charge in [-0.15, -0.1) is 0 Å². The number of nitro groups is 1. The number of ether oxygens (including phenoxy) is 2. The van der Waals surface area contributed by atoms with E-state index in [-0.39, 0.29) is 33.9 Å². The molecule has 12 nitrogen and oxygen atoms in total. The maximum Gasteiger partial charge on any atom is 0.514 e. The highest BCUT2D eigenvalue weighted by Crippen LogP contribution is 2.40. The molecule has 3 aromatic rings. The number of sulfonamides is 1. The van der Waals surface area contributed by atoms with E-state index in [0.717, 1.165) is 23.6 Å². The summed E-state index contributed by atoms with van der Waals surface area (Å²) < 4.78 is 40.3. The van der Waals surface area contributed by atoms with Crippen LogP contribution in [0, 0.1) is 10.1 Å². The van der Waals surface area contributed by atoms with Crippen LogP contribution in [-0.4, -0.2) is 35.4 Å². The molecule has 2 N–H and O–H groups in total. The Morgan fingerprint density at radius 3 is 2.51 bits per heavy atom. The number of hydrogen-bond donors (Lipinski definition) is 2. The molecule has 13 heteroatoms. The van der Waals surface area contributed by atoms with Crippen molar-refractivity contribution >= 4 is 33.4 Å². The monoisotopic (exact) mass is 583 g/mol. The molecule has 0 radical (unpaired) electrons. The summed E-state index contributed by atoms with van der Waals surface area (Å²) in [6, 6.07) is 12.4. The molecule has 2 aromatic carbocycles. The number of carbonyl (C=O) groups is 1. The molecule has 41 heavy (non-hydrogen) atoms. The van der Waals surface area contributed by atoms with Crippen LogP contribution in [0.1, 0.15) is 71.1 Å². The van der Waals surface area contributed by atoms with Crippen LogP contribution in [0.3, 0.4) is 0 Å². The van der Waals surface area contributed by atoms with E-state index in [1.807, 2.05) is 51.4 Å². The Labute approximate surface area is 238 Å². The van der Waals surface area contributed by atoms with Crippen LogP contribution >= 0.6 is 0 Å². The minimum Gasteiger partial charge on any atom is -0.431 e. The highest BCUT2D eigenvalue weighted by molar-refractivity contribution is 7.89. The third kappa shape index (κ3) is 5.91. The number of benzene rings is 2. The Kier molecular flexibility index (Phi) is 7.06. The average Bonchev–Trinajstić information content (AvgIpc) is 3.54. The largest absolute Gasteiger partial charge is 0.514 e. The predicted molar refractivity (Wildman–Crippen MR) is 151 cm³/mol. The van der Waals surface area contributed by atoms with Gasteiger partial charge in [0.15, 0.2) is 0 Å². The number of nitro benzene ring substituents is 1. The number of carbonyl (C=O) groups excluding carboxylic acids is 1. The van der Waals surface area contributed by atoms with E-state index in [4.69, 9.17) is 14.6 Å². The van der Waals surface area contributed by atoms with Crippen molar-refractivity contribution in [1.82, 2.24) is 14.5 Å². The van der Waals surface area contributed by atoms with Crippen molar-refractivity contribution in [3.63, 3.8) is 0 Å². The molecule has 2 heterocycles. The van der Waals surface area contributed by atoms with Crippen LogP contribution in [0.5, 0.6) is 5.75 Å². The number of anilines is 2. The topological polar surface area (TPSA) is 155 Å². The van der Waals surface area contributed by atoms with E-state index in [9.17, 15) is 23.3 Å². The summed E-state index contributed by atoms with van der Waals surface area (Å²) in [7, 11) is -3.54. The number of aromatic nitrogens is 2. The Morgan fingerprint density at radius 2 is 1.85 bits per heavy atom. The van der Waals surface area contributed by atoms with Gasteiger partial charge >= 0.3 is 6.16 Å². The summed E-state index contributed by atoms with van der Waals surface area (Å²) >= 11 is 0. The van der Waals surface area contributed by atoms with Crippen LogP contribution < -0.4 is 14.8 Å². The van der Waals surface area contributed by atoms with Gasteiger partial charge in [-0.3, -0.25) is 10.1 Å². The van der Waals surface area contributed by atoms with Crippen molar-refractivity contribution in [3.05, 3.63) is 69.9 Å². The van der Waals surface area contributed by atoms with E-state index in [1.165, 1.54) is 24.3 Å². The van der Waals surface area contributed by atoms with Gasteiger partial charge in [0.2, 0.25) is 10.0 Å². The molecule has 0 unspecified atom stereocenters. The van der Waals surface area contributed by atoms with Crippen LogP contribution in [0.4, 0.5) is 22.0 Å². The Bertz CT molecular complexity index is 1610. The van der Waals surface area contributed by atoms with Crippen molar-refractivity contribution in [3.8, 4) is 5.75 Å². The van der Waals surface area contributed by atoms with E-state index in [0.29, 0.717) is 18.4 Å². The molecule has 1 aromatic heterocycles. The molecule has 0 bridgehead atoms. The Morgan fingerprint density at radius 1 is 1.15 bits per heavy atom. The van der Waals surface area contributed by atoms with Crippen LogP contribution in [0.2, 0.25) is 0 Å². The number of nitrogens with zero attached hydrogens (tertiary/aromatic N) is 3. The first-order valence-corrected chi connectivity index (χ1v) is 14.8. The maximum atomic E-state index is 12.5. The minimum absolute atomic E-state index is 0.0598. The molecular formula is C28H33N5O7S. The first-order chi connectivity index (χ1) is 19.1. The van der Waals surface area contributed by atoms with Crippen molar-refractivity contribution in [2.45, 2.75) is 81.9 Å². The lowest BCUT2D eigenvalue weighted by Gasteiger charge is -2.23. The smallest absolute Gasteiger partial charge is 0.431 e. The van der Waals surface area contributed by atoms with Gasteiger partial charge in [0, 0.05) is 29.8 Å². The molecule has 2 atom stereocenters. The van der Waals surface area contributed by atoms with Gasteiger partial charge in [0.1, 0.15) is 17.7 Å². The number of hydrogen-bond acceptors (Lipinski definition) is 9. The zero-order valence-corrected chi connectivity index (χ0v) is 24.3. The summed E-state index contributed by atoms with van der Waals surface area (Å²) in [5.74, 6) is 0.990. The van der Waals surface area contributed by atoms with Crippen molar-refractivity contribution in [2.24, 2.45) is 0 Å². The van der Waals surface area contributed by atoms with E-state index in [1.54, 1.807) is 12.1 Å². The highest BCUT2D eigenvalue weighted by atomic mass is 32.2. The fraction of sp³-hybridized carbons (Fsp3) is 0.429. The van der Waals surface area contributed by atoms with Crippen LogP contribution in [0.15, 0.2) is 53.4 Å². The van der Waals surface area contributed by atoms with Crippen LogP contribution in [-0.2, 0) is 25.8 Å². The molecule has 0 spiro atoms. The highest BCUT2D eigenvalue weighted by Gasteiger charge is 2.40. The quantitative estimate of drug-likeness (QED) is 0.162. The number of rotatable bonds is 6. The Balaban J connectivity index is 1.28. The minimum atomic E-state index is -3.54. The molecule has 1 fully saturated rings. The van der Waals surface area contributed by atoms with Gasteiger partial charge in [-0.1, -0.05) is 0 Å². The third-order valence-corrected chi connectivity index (χ3v) is 9.00. The summed E-state index contributed by atoms with van der Waals surface area (Å²) in [4.78, 5) is 22.9. The zero-order valence-electron chi connectivity index (χ0n) is 23.5. The second-order valence-electron chi connectivity index (χ2n) is 12.0. The first kappa shape index (κ1) is 28.6. The maximum absolute atomic E-state index is 12.5. The molecule has 0 saturated heterocycles. The average molecular weight is 584 g/mol. The summed E-state index contributed by atoms with van der Waals surface area (Å²) in [5.41, 5.74) is 1.14.